The van der Waals surface area contributed by atoms with E-state index in [-0.39, 0.29) is 6.42 Å². The van der Waals surface area contributed by atoms with Crippen LogP contribution in [0.3, 0.4) is 0 Å². The number of nitrogens with two attached hydrogens (primary N) is 1. The largest absolute Gasteiger partial charge is 0.471 e. The van der Waals surface area contributed by atoms with Crippen molar-refractivity contribution in [3.63, 3.8) is 0 Å². The van der Waals surface area contributed by atoms with E-state index in [1.165, 1.54) is 0 Å². The Bertz CT molecular complexity index is 626. The van der Waals surface area contributed by atoms with Gasteiger partial charge in [0, 0.05) is 11.4 Å². The van der Waals surface area contributed by atoms with Crippen LogP contribution < -0.4 is 16.4 Å². The lowest BCUT2D eigenvalue weighted by Gasteiger charge is -2.27. The minimum absolute atomic E-state index is 0.0393. The number of nitrogen functional groups attached to an aromatic ring is 1. The van der Waals surface area contributed by atoms with E-state index in [0.29, 0.717) is 11.4 Å². The average molecular weight is 315 g/mol. The molecule has 1 aromatic rings. The van der Waals surface area contributed by atoms with Crippen molar-refractivity contribution in [2.45, 2.75) is 37.9 Å². The zero-order valence-corrected chi connectivity index (χ0v) is 12.0. The number of hydrogen-bond acceptors (Lipinski definition) is 3. The van der Waals surface area contributed by atoms with Crippen molar-refractivity contribution in [3.8, 4) is 0 Å². The minimum Gasteiger partial charge on any atom is -0.399 e. The number of rotatable bonds is 1. The fourth-order valence-corrected chi connectivity index (χ4v) is 2.54. The van der Waals surface area contributed by atoms with E-state index in [1.54, 1.807) is 37.4 Å². The molecule has 0 aromatic heterocycles. The number of hydrogen-bond donors (Lipinski definition) is 3. The lowest BCUT2D eigenvalue weighted by atomic mass is 9.79. The molecular weight excluding hydrogens is 299 g/mol. The van der Waals surface area contributed by atoms with E-state index in [4.69, 9.17) is 5.73 Å². The number of benzene rings is 1. The van der Waals surface area contributed by atoms with Crippen LogP contribution in [-0.2, 0) is 15.0 Å². The monoisotopic (exact) mass is 315 g/mol. The molecule has 0 saturated carbocycles. The summed E-state index contributed by atoms with van der Waals surface area (Å²) in [5, 5.41) is 4.27. The van der Waals surface area contributed by atoms with Gasteiger partial charge in [-0.15, -0.1) is 0 Å². The molecule has 5 nitrogen and oxygen atoms in total. The van der Waals surface area contributed by atoms with Crippen molar-refractivity contribution < 1.29 is 22.8 Å². The van der Waals surface area contributed by atoms with Crippen molar-refractivity contribution in [1.82, 2.24) is 5.32 Å². The Morgan fingerprint density at radius 1 is 1.41 bits per heavy atom. The lowest BCUT2D eigenvalue weighted by Crippen LogP contribution is -2.49. The number of amides is 2. The molecule has 0 fully saturated rings. The molecule has 120 valence electrons. The molecule has 22 heavy (non-hydrogen) atoms. The summed E-state index contributed by atoms with van der Waals surface area (Å²) in [5.41, 5.74) is 6.67. The van der Waals surface area contributed by atoms with E-state index in [1.807, 2.05) is 0 Å². The number of halogens is 3. The van der Waals surface area contributed by atoms with Crippen LogP contribution in [0.5, 0.6) is 0 Å². The molecule has 2 amide bonds. The number of anilines is 2. The van der Waals surface area contributed by atoms with Crippen molar-refractivity contribution in [2.24, 2.45) is 0 Å². The molecule has 1 heterocycles. The topological polar surface area (TPSA) is 84.2 Å². The summed E-state index contributed by atoms with van der Waals surface area (Å²) < 4.78 is 37.1. The maximum absolute atomic E-state index is 12.4. The molecule has 1 aromatic carbocycles. The first kappa shape index (κ1) is 16.1. The summed E-state index contributed by atoms with van der Waals surface area (Å²) >= 11 is 0. The van der Waals surface area contributed by atoms with E-state index < -0.39 is 29.4 Å². The molecule has 1 unspecified atom stereocenters. The molecule has 1 atom stereocenters. The zero-order valence-electron chi connectivity index (χ0n) is 12.0. The van der Waals surface area contributed by atoms with Gasteiger partial charge in [-0.2, -0.15) is 13.2 Å². The molecule has 8 heteroatoms. The summed E-state index contributed by atoms with van der Waals surface area (Å²) in [5.74, 6) is -2.83. The highest BCUT2D eigenvalue weighted by atomic mass is 19.4. The van der Waals surface area contributed by atoms with Gasteiger partial charge in [0.15, 0.2) is 0 Å². The number of alkyl halides is 3. The molecule has 0 bridgehead atoms. The summed E-state index contributed by atoms with van der Waals surface area (Å²) in [6.07, 6.45) is -4.99. The summed E-state index contributed by atoms with van der Waals surface area (Å²) in [4.78, 5) is 23.2. The third kappa shape index (κ3) is 3.15. The third-order valence-corrected chi connectivity index (χ3v) is 3.62. The van der Waals surface area contributed by atoms with Crippen LogP contribution in [0.2, 0.25) is 0 Å². The van der Waals surface area contributed by atoms with E-state index in [0.717, 1.165) is 5.56 Å². The SMILES string of the molecule is CC1(C)CC(NC(=O)C(F)(F)F)C(=O)Nc2cc(N)ccc21. The molecule has 0 saturated heterocycles. The predicted molar refractivity (Wildman–Crippen MR) is 75.1 cm³/mol. The second-order valence-corrected chi connectivity index (χ2v) is 5.91. The van der Waals surface area contributed by atoms with Gasteiger partial charge in [-0.05, 0) is 29.5 Å². The molecule has 0 radical (unpaired) electrons. The zero-order chi connectivity index (χ0) is 16.7. The number of fused-ring (bicyclic) bond motifs is 1. The van der Waals surface area contributed by atoms with Crippen LogP contribution in [0.25, 0.3) is 0 Å². The van der Waals surface area contributed by atoms with Crippen molar-refractivity contribution >= 4 is 23.2 Å². The molecule has 1 aliphatic rings. The van der Waals surface area contributed by atoms with Crippen LogP contribution in [0, 0.1) is 0 Å². The lowest BCUT2D eigenvalue weighted by molar-refractivity contribution is -0.174. The van der Waals surface area contributed by atoms with Gasteiger partial charge in [0.25, 0.3) is 0 Å². The highest BCUT2D eigenvalue weighted by molar-refractivity contribution is 5.99. The smallest absolute Gasteiger partial charge is 0.399 e. The first-order valence-electron chi connectivity index (χ1n) is 6.59. The van der Waals surface area contributed by atoms with Gasteiger partial charge >= 0.3 is 12.1 Å². The van der Waals surface area contributed by atoms with E-state index >= 15 is 0 Å². The Hall–Kier alpha value is -2.25. The molecular formula is C14H16F3N3O2. The Labute approximate surface area is 125 Å². The third-order valence-electron chi connectivity index (χ3n) is 3.62. The molecule has 0 aliphatic carbocycles. The van der Waals surface area contributed by atoms with Crippen LogP contribution in [0.1, 0.15) is 25.8 Å². The highest BCUT2D eigenvalue weighted by Gasteiger charge is 2.43. The quantitative estimate of drug-likeness (QED) is 0.692. The van der Waals surface area contributed by atoms with Gasteiger partial charge in [-0.1, -0.05) is 19.9 Å². The van der Waals surface area contributed by atoms with Crippen LogP contribution >= 0.6 is 0 Å². The normalized spacial score (nSPS) is 20.6. The van der Waals surface area contributed by atoms with Gasteiger partial charge in [-0.3, -0.25) is 9.59 Å². The number of carbonyl (C=O) groups is 2. The highest BCUT2D eigenvalue weighted by Crippen LogP contribution is 2.37. The van der Waals surface area contributed by atoms with E-state index in [2.05, 4.69) is 5.32 Å². The molecule has 0 spiro atoms. The van der Waals surface area contributed by atoms with Crippen LogP contribution in [0.15, 0.2) is 18.2 Å². The van der Waals surface area contributed by atoms with Gasteiger partial charge in [0.1, 0.15) is 6.04 Å². The number of nitrogens with one attached hydrogen (secondary N) is 2. The Morgan fingerprint density at radius 3 is 2.64 bits per heavy atom. The Morgan fingerprint density at radius 2 is 2.05 bits per heavy atom. The summed E-state index contributed by atoms with van der Waals surface area (Å²) in [6, 6.07) is 3.64. The van der Waals surface area contributed by atoms with Gasteiger partial charge in [0.05, 0.1) is 0 Å². The first-order chi connectivity index (χ1) is 10.0. The first-order valence-corrected chi connectivity index (χ1v) is 6.59. The van der Waals surface area contributed by atoms with Crippen molar-refractivity contribution in [3.05, 3.63) is 23.8 Å². The standard InChI is InChI=1S/C14H16F3N3O2/c1-13(2)6-10(20-12(22)14(15,16)17)11(21)19-9-5-7(18)3-4-8(9)13/h3-5,10H,6,18H2,1-2H3,(H,19,21)(H,20,22). The molecule has 2 rings (SSSR count). The van der Waals surface area contributed by atoms with Gasteiger partial charge < -0.3 is 16.4 Å². The minimum atomic E-state index is -5.03. The second kappa shape index (κ2) is 5.19. The Kier molecular flexibility index (Phi) is 3.80. The number of carbonyl (C=O) groups excluding carboxylic acids is 2. The van der Waals surface area contributed by atoms with Gasteiger partial charge in [-0.25, -0.2) is 0 Å². The Balaban J connectivity index is 2.33. The van der Waals surface area contributed by atoms with Crippen molar-refractivity contribution in [2.75, 3.05) is 11.1 Å². The fourth-order valence-electron chi connectivity index (χ4n) is 2.54. The maximum Gasteiger partial charge on any atom is 0.471 e. The molecule has 1 aliphatic heterocycles. The van der Waals surface area contributed by atoms with Crippen LogP contribution in [0.4, 0.5) is 24.5 Å². The van der Waals surface area contributed by atoms with Crippen LogP contribution in [-0.4, -0.2) is 24.0 Å². The van der Waals surface area contributed by atoms with E-state index in [9.17, 15) is 22.8 Å². The second-order valence-electron chi connectivity index (χ2n) is 5.91. The average Bonchev–Trinajstić information content (AvgIpc) is 2.43. The van der Waals surface area contributed by atoms with Gasteiger partial charge in [0.2, 0.25) is 5.91 Å². The predicted octanol–water partition coefficient (Wildman–Crippen LogP) is 1.94. The maximum atomic E-state index is 12.4. The van der Waals surface area contributed by atoms with Crippen molar-refractivity contribution in [1.29, 1.82) is 0 Å². The summed E-state index contributed by atoms with van der Waals surface area (Å²) in [7, 11) is 0. The summed E-state index contributed by atoms with van der Waals surface area (Å²) in [6.45, 7) is 3.57. The fraction of sp³-hybridized carbons (Fsp3) is 0.429. The molecule has 4 N–H and O–H groups in total.